The number of hydrogen-bond acceptors (Lipinski definition) is 5. The van der Waals surface area contributed by atoms with Crippen molar-refractivity contribution in [3.05, 3.63) is 55.1 Å². The maximum absolute atomic E-state index is 11.4. The highest BCUT2D eigenvalue weighted by atomic mass is 79.9. The van der Waals surface area contributed by atoms with Gasteiger partial charge in [-0.3, -0.25) is 20.2 Å². The van der Waals surface area contributed by atoms with Gasteiger partial charge in [-0.05, 0) is 24.3 Å². The third kappa shape index (κ3) is 3.32. The largest absolute Gasteiger partial charge is 0.494 e. The van der Waals surface area contributed by atoms with E-state index in [0.29, 0.717) is 5.69 Å². The Kier molecular flexibility index (Phi) is 3.81. The van der Waals surface area contributed by atoms with Crippen LogP contribution in [0.25, 0.3) is 0 Å². The van der Waals surface area contributed by atoms with Crippen LogP contribution >= 0.6 is 15.9 Å². The van der Waals surface area contributed by atoms with Crippen molar-refractivity contribution < 1.29 is 5.11 Å². The van der Waals surface area contributed by atoms with Gasteiger partial charge >= 0.3 is 5.69 Å². The number of nitrogens with zero attached hydrogens (tertiary/aromatic N) is 1. The Morgan fingerprint density at radius 2 is 1.89 bits per heavy atom. The number of benzene rings is 1. The first-order valence-corrected chi connectivity index (χ1v) is 5.96. The number of rotatable bonds is 3. The molecule has 8 heteroatoms. The molecule has 0 aliphatic heterocycles. The lowest BCUT2D eigenvalue weighted by atomic mass is 10.3. The molecule has 1 heterocycles. The maximum atomic E-state index is 11.4. The van der Waals surface area contributed by atoms with E-state index in [1.54, 1.807) is 12.1 Å². The Balaban J connectivity index is 2.18. The summed E-state index contributed by atoms with van der Waals surface area (Å²) in [7, 11) is 0. The first-order valence-electron chi connectivity index (χ1n) is 5.16. The molecule has 0 saturated carbocycles. The summed E-state index contributed by atoms with van der Waals surface area (Å²) in [6.45, 7) is 0. The minimum atomic E-state index is -0.777. The quantitative estimate of drug-likeness (QED) is 0.498. The van der Waals surface area contributed by atoms with E-state index in [2.05, 4.69) is 31.4 Å². The summed E-state index contributed by atoms with van der Waals surface area (Å²) in [6, 6.07) is 7.20. The van der Waals surface area contributed by atoms with Crippen LogP contribution in [0, 0.1) is 0 Å². The zero-order chi connectivity index (χ0) is 13.8. The normalized spacial score (nSPS) is 10.8. The molecule has 0 aliphatic rings. The molecular weight excluding hydrogens is 316 g/mol. The van der Waals surface area contributed by atoms with E-state index >= 15 is 0 Å². The molecule has 0 aliphatic carbocycles. The van der Waals surface area contributed by atoms with E-state index in [9.17, 15) is 14.7 Å². The summed E-state index contributed by atoms with van der Waals surface area (Å²) < 4.78 is 0.928. The molecule has 2 rings (SSSR count). The molecule has 2 aromatic rings. The molecule has 4 N–H and O–H groups in total. The highest BCUT2D eigenvalue weighted by molar-refractivity contribution is 9.10. The van der Waals surface area contributed by atoms with Crippen LogP contribution < -0.4 is 16.7 Å². The first-order chi connectivity index (χ1) is 9.06. The number of aromatic hydroxyl groups is 1. The SMILES string of the molecule is O=c1[nH]c(O)c(/C=N/Nc2ccc(Br)cc2)c(=O)[nH]1. The fourth-order valence-electron chi connectivity index (χ4n) is 1.30. The van der Waals surface area contributed by atoms with Gasteiger partial charge in [0.25, 0.3) is 5.56 Å². The van der Waals surface area contributed by atoms with E-state index < -0.39 is 17.1 Å². The minimum absolute atomic E-state index is 0.135. The van der Waals surface area contributed by atoms with Gasteiger partial charge in [-0.2, -0.15) is 5.10 Å². The molecule has 1 aromatic heterocycles. The smallest absolute Gasteiger partial charge is 0.328 e. The number of aromatic amines is 2. The third-order valence-corrected chi connectivity index (χ3v) is 2.72. The number of anilines is 1. The Morgan fingerprint density at radius 3 is 2.53 bits per heavy atom. The maximum Gasteiger partial charge on any atom is 0.328 e. The number of hydrogen-bond donors (Lipinski definition) is 4. The lowest BCUT2D eigenvalue weighted by Crippen LogP contribution is -2.25. The third-order valence-electron chi connectivity index (χ3n) is 2.19. The molecule has 1 aromatic carbocycles. The summed E-state index contributed by atoms with van der Waals surface area (Å²) in [5, 5.41) is 13.2. The van der Waals surface area contributed by atoms with Crippen LogP contribution in [0.5, 0.6) is 5.88 Å². The molecule has 0 spiro atoms. The van der Waals surface area contributed by atoms with Gasteiger partial charge in [0.15, 0.2) is 0 Å². The monoisotopic (exact) mass is 324 g/mol. The highest BCUT2D eigenvalue weighted by Crippen LogP contribution is 2.13. The standard InChI is InChI=1S/C11H9BrN4O3/c12-6-1-3-7(4-2-6)16-13-5-8-9(17)14-11(19)15-10(8)18/h1-5,16H,(H3,14,15,17,18,19)/b13-5+. The first kappa shape index (κ1) is 13.1. The van der Waals surface area contributed by atoms with Crippen molar-refractivity contribution in [2.75, 3.05) is 5.43 Å². The Hall–Kier alpha value is -2.35. The van der Waals surface area contributed by atoms with Crippen LogP contribution in [0.3, 0.4) is 0 Å². The molecule has 0 atom stereocenters. The average Bonchev–Trinajstić information content (AvgIpc) is 2.34. The van der Waals surface area contributed by atoms with Crippen molar-refractivity contribution in [3.8, 4) is 5.88 Å². The van der Waals surface area contributed by atoms with Crippen LogP contribution in [-0.4, -0.2) is 21.3 Å². The van der Waals surface area contributed by atoms with Crippen molar-refractivity contribution >= 4 is 27.8 Å². The van der Waals surface area contributed by atoms with Crippen LogP contribution in [-0.2, 0) is 0 Å². The summed E-state index contributed by atoms with van der Waals surface area (Å²) in [5.74, 6) is -0.532. The predicted molar refractivity (Wildman–Crippen MR) is 74.7 cm³/mol. The lowest BCUT2D eigenvalue weighted by Gasteiger charge is -2.00. The molecule has 7 nitrogen and oxygen atoms in total. The molecule has 0 amide bonds. The van der Waals surface area contributed by atoms with E-state index in [1.807, 2.05) is 17.1 Å². The van der Waals surface area contributed by atoms with E-state index in [1.165, 1.54) is 0 Å². The van der Waals surface area contributed by atoms with Gasteiger partial charge in [0.05, 0.1) is 11.9 Å². The zero-order valence-corrected chi connectivity index (χ0v) is 11.1. The van der Waals surface area contributed by atoms with Crippen LogP contribution in [0.1, 0.15) is 5.56 Å². The van der Waals surface area contributed by atoms with E-state index in [-0.39, 0.29) is 5.56 Å². The minimum Gasteiger partial charge on any atom is -0.494 e. The van der Waals surface area contributed by atoms with Gasteiger partial charge in [-0.25, -0.2) is 4.79 Å². The van der Waals surface area contributed by atoms with Gasteiger partial charge in [-0.15, -0.1) is 0 Å². The zero-order valence-electron chi connectivity index (χ0n) is 9.48. The van der Waals surface area contributed by atoms with Gasteiger partial charge in [0, 0.05) is 4.47 Å². The van der Waals surface area contributed by atoms with Crippen molar-refractivity contribution in [3.63, 3.8) is 0 Å². The molecule has 0 fully saturated rings. The molecule has 19 heavy (non-hydrogen) atoms. The summed E-state index contributed by atoms with van der Waals surface area (Å²) in [6.07, 6.45) is 1.12. The van der Waals surface area contributed by atoms with Gasteiger partial charge in [0.2, 0.25) is 5.88 Å². The highest BCUT2D eigenvalue weighted by Gasteiger charge is 2.04. The van der Waals surface area contributed by atoms with Crippen molar-refractivity contribution in [1.29, 1.82) is 0 Å². The Labute approximate surface area is 115 Å². The molecule has 0 bridgehead atoms. The number of hydrazone groups is 1. The number of nitrogens with one attached hydrogen (secondary N) is 3. The average molecular weight is 325 g/mol. The van der Waals surface area contributed by atoms with Crippen LogP contribution in [0.15, 0.2) is 43.4 Å². The second kappa shape index (κ2) is 5.53. The Bertz CT molecular complexity index is 718. The number of H-pyrrole nitrogens is 2. The summed E-state index contributed by atoms with van der Waals surface area (Å²) in [4.78, 5) is 26.3. The van der Waals surface area contributed by atoms with Crippen molar-refractivity contribution in [2.24, 2.45) is 5.10 Å². The second-order valence-corrected chi connectivity index (χ2v) is 4.46. The Morgan fingerprint density at radius 1 is 1.21 bits per heavy atom. The van der Waals surface area contributed by atoms with Crippen LogP contribution in [0.2, 0.25) is 0 Å². The lowest BCUT2D eigenvalue weighted by molar-refractivity contribution is 0.447. The fourth-order valence-corrected chi connectivity index (χ4v) is 1.56. The van der Waals surface area contributed by atoms with Gasteiger partial charge < -0.3 is 5.11 Å². The van der Waals surface area contributed by atoms with Gasteiger partial charge in [0.1, 0.15) is 5.56 Å². The molecular formula is C11H9BrN4O3. The van der Waals surface area contributed by atoms with Crippen molar-refractivity contribution in [2.45, 2.75) is 0 Å². The molecule has 0 saturated heterocycles. The molecule has 98 valence electrons. The topological polar surface area (TPSA) is 110 Å². The predicted octanol–water partition coefficient (Wildman–Crippen LogP) is 0.977. The van der Waals surface area contributed by atoms with Gasteiger partial charge in [-0.1, -0.05) is 15.9 Å². The fraction of sp³-hybridized carbons (Fsp3) is 0. The number of halogens is 1. The van der Waals surface area contributed by atoms with Crippen molar-refractivity contribution in [1.82, 2.24) is 9.97 Å². The summed E-state index contributed by atoms with van der Waals surface area (Å²) >= 11 is 3.30. The molecule has 0 radical (unpaired) electrons. The molecule has 0 unspecified atom stereocenters. The summed E-state index contributed by atoms with van der Waals surface area (Å²) in [5.41, 5.74) is 1.76. The van der Waals surface area contributed by atoms with E-state index in [4.69, 9.17) is 0 Å². The van der Waals surface area contributed by atoms with E-state index in [0.717, 1.165) is 10.7 Å². The second-order valence-electron chi connectivity index (χ2n) is 3.55. The number of aromatic nitrogens is 2. The van der Waals surface area contributed by atoms with Crippen LogP contribution in [0.4, 0.5) is 5.69 Å².